The predicted molar refractivity (Wildman–Crippen MR) is 99.6 cm³/mol. The first-order valence-electron chi connectivity index (χ1n) is 9.49. The number of nitrogens with one attached hydrogen (secondary N) is 1. The van der Waals surface area contributed by atoms with Crippen LogP contribution in [-0.2, 0) is 9.53 Å². The van der Waals surface area contributed by atoms with Gasteiger partial charge in [0.1, 0.15) is 13.2 Å². The van der Waals surface area contributed by atoms with Gasteiger partial charge in [-0.25, -0.2) is 0 Å². The SMILES string of the molecule is CC(C)[C@@H](NC(=O)CN1C[C@@H](C)O[C@@H](C)C1)c1ccc2c(c1)OCCO2. The van der Waals surface area contributed by atoms with E-state index < -0.39 is 0 Å². The number of ether oxygens (including phenoxy) is 3. The number of carbonyl (C=O) groups excluding carboxylic acids is 1. The third-order valence-corrected chi connectivity index (χ3v) is 4.77. The zero-order chi connectivity index (χ0) is 18.7. The van der Waals surface area contributed by atoms with Crippen molar-refractivity contribution < 1.29 is 19.0 Å². The predicted octanol–water partition coefficient (Wildman–Crippen LogP) is 2.38. The lowest BCUT2D eigenvalue weighted by Crippen LogP contribution is -2.49. The van der Waals surface area contributed by atoms with Crippen molar-refractivity contribution in [3.8, 4) is 11.5 Å². The van der Waals surface area contributed by atoms with Crippen LogP contribution in [0.3, 0.4) is 0 Å². The Hall–Kier alpha value is -1.79. The molecule has 2 aliphatic heterocycles. The van der Waals surface area contributed by atoms with Crippen LogP contribution in [0, 0.1) is 5.92 Å². The summed E-state index contributed by atoms with van der Waals surface area (Å²) in [6, 6.07) is 5.86. The van der Waals surface area contributed by atoms with Gasteiger partial charge in [0.25, 0.3) is 0 Å². The van der Waals surface area contributed by atoms with Crippen molar-refractivity contribution in [3.63, 3.8) is 0 Å². The molecule has 1 amide bonds. The fourth-order valence-corrected chi connectivity index (χ4v) is 3.72. The molecule has 1 aromatic rings. The molecule has 0 aromatic heterocycles. The Kier molecular flexibility index (Phi) is 6.04. The van der Waals surface area contributed by atoms with Crippen LogP contribution in [0.1, 0.15) is 39.3 Å². The molecule has 1 aromatic carbocycles. The van der Waals surface area contributed by atoms with E-state index in [0.717, 1.165) is 30.2 Å². The summed E-state index contributed by atoms with van der Waals surface area (Å²) in [4.78, 5) is 14.8. The Balaban J connectivity index is 1.65. The lowest BCUT2D eigenvalue weighted by Gasteiger charge is -2.35. The van der Waals surface area contributed by atoms with Crippen molar-refractivity contribution >= 4 is 5.91 Å². The number of benzene rings is 1. The van der Waals surface area contributed by atoms with Gasteiger partial charge in [-0.2, -0.15) is 0 Å². The number of amides is 1. The highest BCUT2D eigenvalue weighted by atomic mass is 16.6. The van der Waals surface area contributed by atoms with Crippen molar-refractivity contribution in [1.82, 2.24) is 10.2 Å². The van der Waals surface area contributed by atoms with Crippen LogP contribution in [0.5, 0.6) is 11.5 Å². The summed E-state index contributed by atoms with van der Waals surface area (Å²) in [7, 11) is 0. The number of fused-ring (bicyclic) bond motifs is 1. The van der Waals surface area contributed by atoms with Gasteiger partial charge in [0.15, 0.2) is 11.5 Å². The molecule has 1 fully saturated rings. The van der Waals surface area contributed by atoms with Crippen LogP contribution in [-0.4, -0.2) is 55.9 Å². The standard InChI is InChI=1S/C20H30N2O4/c1-13(2)20(16-5-6-17-18(9-16)25-8-7-24-17)21-19(23)12-22-10-14(3)26-15(4)11-22/h5-6,9,13-15,20H,7-8,10-12H2,1-4H3,(H,21,23)/t14-,15+,20-/m1/s1. The fraction of sp³-hybridized carbons (Fsp3) is 0.650. The minimum Gasteiger partial charge on any atom is -0.486 e. The largest absolute Gasteiger partial charge is 0.486 e. The molecule has 0 aliphatic carbocycles. The highest BCUT2D eigenvalue weighted by Crippen LogP contribution is 2.34. The van der Waals surface area contributed by atoms with Gasteiger partial charge in [0.2, 0.25) is 5.91 Å². The minimum atomic E-state index is -0.0609. The molecular formula is C20H30N2O4. The van der Waals surface area contributed by atoms with E-state index in [9.17, 15) is 4.79 Å². The number of nitrogens with zero attached hydrogens (tertiary/aromatic N) is 1. The van der Waals surface area contributed by atoms with Gasteiger partial charge in [-0.3, -0.25) is 9.69 Å². The number of carbonyl (C=O) groups is 1. The lowest BCUT2D eigenvalue weighted by molar-refractivity contribution is -0.127. The molecule has 0 spiro atoms. The fourth-order valence-electron chi connectivity index (χ4n) is 3.72. The van der Waals surface area contributed by atoms with Gasteiger partial charge in [0, 0.05) is 13.1 Å². The minimum absolute atomic E-state index is 0.0416. The highest BCUT2D eigenvalue weighted by molar-refractivity contribution is 5.78. The van der Waals surface area contributed by atoms with Crippen molar-refractivity contribution in [2.45, 2.75) is 45.9 Å². The summed E-state index contributed by atoms with van der Waals surface area (Å²) in [5, 5.41) is 3.20. The summed E-state index contributed by atoms with van der Waals surface area (Å²) in [5.74, 6) is 1.83. The first kappa shape index (κ1) is 19.0. The van der Waals surface area contributed by atoms with E-state index in [-0.39, 0.29) is 30.1 Å². The molecule has 26 heavy (non-hydrogen) atoms. The summed E-state index contributed by atoms with van der Waals surface area (Å²) >= 11 is 0. The number of hydrogen-bond donors (Lipinski definition) is 1. The summed E-state index contributed by atoms with van der Waals surface area (Å²) in [6.07, 6.45) is 0.315. The van der Waals surface area contributed by atoms with E-state index >= 15 is 0 Å². The molecule has 1 saturated heterocycles. The third-order valence-electron chi connectivity index (χ3n) is 4.77. The van der Waals surface area contributed by atoms with Gasteiger partial charge >= 0.3 is 0 Å². The molecule has 0 unspecified atom stereocenters. The van der Waals surface area contributed by atoms with Gasteiger partial charge in [-0.05, 0) is 37.5 Å². The Morgan fingerprint density at radius 1 is 1.15 bits per heavy atom. The smallest absolute Gasteiger partial charge is 0.234 e. The molecule has 2 heterocycles. The molecule has 3 rings (SSSR count). The van der Waals surface area contributed by atoms with Crippen LogP contribution >= 0.6 is 0 Å². The lowest BCUT2D eigenvalue weighted by atomic mass is 9.95. The maximum atomic E-state index is 12.7. The first-order valence-corrected chi connectivity index (χ1v) is 9.49. The first-order chi connectivity index (χ1) is 12.4. The van der Waals surface area contributed by atoms with Crippen molar-refractivity contribution in [2.75, 3.05) is 32.8 Å². The average molecular weight is 362 g/mol. The maximum absolute atomic E-state index is 12.7. The van der Waals surface area contributed by atoms with Crippen molar-refractivity contribution in [1.29, 1.82) is 0 Å². The molecular weight excluding hydrogens is 332 g/mol. The molecule has 144 valence electrons. The second-order valence-electron chi connectivity index (χ2n) is 7.64. The monoisotopic (exact) mass is 362 g/mol. The third kappa shape index (κ3) is 4.68. The second-order valence-corrected chi connectivity index (χ2v) is 7.64. The average Bonchev–Trinajstić information content (AvgIpc) is 2.58. The molecule has 0 saturated carbocycles. The zero-order valence-electron chi connectivity index (χ0n) is 16.2. The normalized spacial score (nSPS) is 24.3. The van der Waals surface area contributed by atoms with Gasteiger partial charge in [0.05, 0.1) is 24.8 Å². The van der Waals surface area contributed by atoms with Crippen LogP contribution in [0.4, 0.5) is 0 Å². The molecule has 2 aliphatic rings. The van der Waals surface area contributed by atoms with E-state index in [4.69, 9.17) is 14.2 Å². The van der Waals surface area contributed by atoms with Crippen LogP contribution in [0.2, 0.25) is 0 Å². The molecule has 0 radical (unpaired) electrons. The van der Waals surface area contributed by atoms with Gasteiger partial charge in [-0.1, -0.05) is 19.9 Å². The summed E-state index contributed by atoms with van der Waals surface area (Å²) in [5.41, 5.74) is 1.04. The second kappa shape index (κ2) is 8.27. The van der Waals surface area contributed by atoms with E-state index in [1.165, 1.54) is 0 Å². The van der Waals surface area contributed by atoms with Crippen LogP contribution in [0.15, 0.2) is 18.2 Å². The number of rotatable bonds is 5. The topological polar surface area (TPSA) is 60.0 Å². The Labute approximate surface area is 155 Å². The molecule has 0 bridgehead atoms. The summed E-state index contributed by atoms with van der Waals surface area (Å²) in [6.45, 7) is 11.4. The maximum Gasteiger partial charge on any atom is 0.234 e. The van der Waals surface area contributed by atoms with E-state index in [0.29, 0.717) is 19.8 Å². The molecule has 3 atom stereocenters. The summed E-state index contributed by atoms with van der Waals surface area (Å²) < 4.78 is 17.0. The van der Waals surface area contributed by atoms with Crippen molar-refractivity contribution in [2.24, 2.45) is 5.92 Å². The number of morpholine rings is 1. The van der Waals surface area contributed by atoms with E-state index in [1.807, 2.05) is 32.0 Å². The number of hydrogen-bond acceptors (Lipinski definition) is 5. The highest BCUT2D eigenvalue weighted by Gasteiger charge is 2.26. The van der Waals surface area contributed by atoms with Crippen LogP contribution < -0.4 is 14.8 Å². The Morgan fingerprint density at radius 2 is 1.81 bits per heavy atom. The molecule has 1 N–H and O–H groups in total. The Bertz CT molecular complexity index is 624. The van der Waals surface area contributed by atoms with E-state index in [1.54, 1.807) is 0 Å². The molecule has 6 heteroatoms. The Morgan fingerprint density at radius 3 is 2.46 bits per heavy atom. The van der Waals surface area contributed by atoms with Gasteiger partial charge < -0.3 is 19.5 Å². The quantitative estimate of drug-likeness (QED) is 0.871. The van der Waals surface area contributed by atoms with Crippen molar-refractivity contribution in [3.05, 3.63) is 23.8 Å². The van der Waals surface area contributed by atoms with E-state index in [2.05, 4.69) is 24.1 Å². The zero-order valence-corrected chi connectivity index (χ0v) is 16.2. The molecule has 6 nitrogen and oxygen atoms in total. The van der Waals surface area contributed by atoms with Gasteiger partial charge in [-0.15, -0.1) is 0 Å². The van der Waals surface area contributed by atoms with Crippen LogP contribution in [0.25, 0.3) is 0 Å².